The average Bonchev–Trinajstić information content (AvgIpc) is 2.87. The lowest BCUT2D eigenvalue weighted by Crippen LogP contribution is -2.53. The van der Waals surface area contributed by atoms with E-state index in [0.29, 0.717) is 11.6 Å². The van der Waals surface area contributed by atoms with Crippen molar-refractivity contribution in [1.82, 2.24) is 4.90 Å². The zero-order valence-electron chi connectivity index (χ0n) is 12.6. The molecule has 1 heterocycles. The molecule has 0 spiro atoms. The maximum atomic E-state index is 5.63. The highest BCUT2D eigenvalue weighted by Crippen LogP contribution is 2.35. The van der Waals surface area contributed by atoms with E-state index in [2.05, 4.69) is 18.7 Å². The lowest BCUT2D eigenvalue weighted by Gasteiger charge is -2.37. The number of rotatable bonds is 8. The van der Waals surface area contributed by atoms with Crippen LogP contribution >= 0.6 is 0 Å². The summed E-state index contributed by atoms with van der Waals surface area (Å²) in [4.78, 5) is 2.59. The molecule has 5 heteroatoms. The largest absolute Gasteiger partial charge is 0.504 e. The van der Waals surface area contributed by atoms with E-state index in [1.807, 2.05) is 0 Å². The Bertz CT molecular complexity index is 228. The second kappa shape index (κ2) is 7.60. The van der Waals surface area contributed by atoms with Gasteiger partial charge in [-0.3, -0.25) is 0 Å². The fourth-order valence-electron chi connectivity index (χ4n) is 3.10. The van der Waals surface area contributed by atoms with Crippen molar-refractivity contribution in [3.8, 4) is 0 Å². The van der Waals surface area contributed by atoms with Crippen LogP contribution in [0.2, 0.25) is 5.54 Å². The first kappa shape index (κ1) is 16.1. The highest BCUT2D eigenvalue weighted by molar-refractivity contribution is 6.62. The Morgan fingerprint density at radius 2 is 1.83 bits per heavy atom. The van der Waals surface area contributed by atoms with Crippen molar-refractivity contribution in [2.75, 3.05) is 34.4 Å². The smallest absolute Gasteiger partial charge is 0.377 e. The van der Waals surface area contributed by atoms with E-state index in [0.717, 1.165) is 0 Å². The van der Waals surface area contributed by atoms with Gasteiger partial charge in [0.1, 0.15) is 0 Å². The Balaban J connectivity index is 2.71. The number of hydrogen-bond donors (Lipinski definition) is 0. The first-order valence-electron chi connectivity index (χ1n) is 7.04. The molecule has 2 atom stereocenters. The van der Waals surface area contributed by atoms with Crippen LogP contribution in [0.4, 0.5) is 0 Å². The van der Waals surface area contributed by atoms with Crippen LogP contribution in [0.5, 0.6) is 0 Å². The fraction of sp³-hybridized carbons (Fsp3) is 1.00. The highest BCUT2D eigenvalue weighted by atomic mass is 28.4. The minimum absolute atomic E-state index is 0.330. The summed E-state index contributed by atoms with van der Waals surface area (Å²) in [5, 5.41) is 0. The van der Waals surface area contributed by atoms with Crippen LogP contribution in [0.1, 0.15) is 39.5 Å². The van der Waals surface area contributed by atoms with Gasteiger partial charge in [0.25, 0.3) is 0 Å². The third kappa shape index (κ3) is 3.33. The van der Waals surface area contributed by atoms with Crippen molar-refractivity contribution in [3.63, 3.8) is 0 Å². The van der Waals surface area contributed by atoms with Gasteiger partial charge in [-0.25, -0.2) is 0 Å². The Kier molecular flexibility index (Phi) is 6.80. The summed E-state index contributed by atoms with van der Waals surface area (Å²) in [6.45, 7) is 6.86. The fourth-order valence-corrected chi connectivity index (χ4v) is 5.56. The monoisotopic (exact) mass is 275 g/mol. The molecule has 0 N–H and O–H groups in total. The molecule has 0 aliphatic carbocycles. The van der Waals surface area contributed by atoms with Crippen molar-refractivity contribution in [1.29, 1.82) is 0 Å². The SMILES string of the molecule is CCCCN1CCCC1C(C)[Si](OC)(OC)OC. The number of nitrogens with zero attached hydrogens (tertiary/aromatic N) is 1. The molecule has 1 aliphatic rings. The topological polar surface area (TPSA) is 30.9 Å². The van der Waals surface area contributed by atoms with Crippen LogP contribution in [-0.4, -0.2) is 54.2 Å². The molecule has 1 rings (SSSR count). The van der Waals surface area contributed by atoms with Gasteiger partial charge in [0.05, 0.1) is 0 Å². The zero-order chi connectivity index (χ0) is 13.6. The highest BCUT2D eigenvalue weighted by Gasteiger charge is 2.50. The third-order valence-corrected chi connectivity index (χ3v) is 7.41. The van der Waals surface area contributed by atoms with E-state index in [1.165, 1.54) is 38.8 Å². The minimum atomic E-state index is -2.51. The summed E-state index contributed by atoms with van der Waals surface area (Å²) in [7, 11) is 2.62. The van der Waals surface area contributed by atoms with Crippen molar-refractivity contribution >= 4 is 8.80 Å². The van der Waals surface area contributed by atoms with Crippen LogP contribution in [0.3, 0.4) is 0 Å². The molecule has 18 heavy (non-hydrogen) atoms. The number of likely N-dealkylation sites (tertiary alicyclic amines) is 1. The molecule has 108 valence electrons. The minimum Gasteiger partial charge on any atom is -0.377 e. The van der Waals surface area contributed by atoms with Crippen molar-refractivity contribution in [3.05, 3.63) is 0 Å². The van der Waals surface area contributed by atoms with E-state index < -0.39 is 8.80 Å². The summed E-state index contributed by atoms with van der Waals surface area (Å²) in [5.74, 6) is 0. The molecule has 0 saturated carbocycles. The van der Waals surface area contributed by atoms with Crippen LogP contribution in [0.25, 0.3) is 0 Å². The predicted molar refractivity (Wildman–Crippen MR) is 75.7 cm³/mol. The van der Waals surface area contributed by atoms with E-state index in [-0.39, 0.29) is 0 Å². The third-order valence-electron chi connectivity index (χ3n) is 4.20. The maximum Gasteiger partial charge on any atom is 0.504 e. The molecule has 0 bridgehead atoms. The Hall–Kier alpha value is 0.0569. The molecule has 0 aromatic carbocycles. The van der Waals surface area contributed by atoms with Crippen molar-refractivity contribution in [2.45, 2.75) is 51.1 Å². The molecule has 4 nitrogen and oxygen atoms in total. The first-order valence-corrected chi connectivity index (χ1v) is 8.84. The van der Waals surface area contributed by atoms with Gasteiger partial charge in [-0.05, 0) is 32.4 Å². The molecule has 0 aromatic rings. The second-order valence-corrected chi connectivity index (χ2v) is 8.45. The van der Waals surface area contributed by atoms with Gasteiger partial charge in [-0.1, -0.05) is 20.3 Å². The van der Waals surface area contributed by atoms with E-state index in [4.69, 9.17) is 13.3 Å². The quantitative estimate of drug-likeness (QED) is 0.637. The van der Waals surface area contributed by atoms with Crippen LogP contribution in [-0.2, 0) is 13.3 Å². The van der Waals surface area contributed by atoms with Crippen molar-refractivity contribution < 1.29 is 13.3 Å². The Morgan fingerprint density at radius 1 is 1.22 bits per heavy atom. The van der Waals surface area contributed by atoms with Gasteiger partial charge in [0.15, 0.2) is 0 Å². The molecular formula is C13H29NO3Si. The molecule has 0 aromatic heterocycles. The number of hydrogen-bond acceptors (Lipinski definition) is 4. The molecule has 1 saturated heterocycles. The van der Waals surface area contributed by atoms with Gasteiger partial charge in [-0.15, -0.1) is 0 Å². The van der Waals surface area contributed by atoms with Gasteiger partial charge in [0.2, 0.25) is 0 Å². The van der Waals surface area contributed by atoms with Crippen molar-refractivity contribution in [2.24, 2.45) is 0 Å². The molecule has 2 unspecified atom stereocenters. The standard InChI is InChI=1S/C13H29NO3Si/c1-6-7-10-14-11-8-9-13(14)12(2)18(15-3,16-4)17-5/h12-13H,6-11H2,1-5H3. The summed E-state index contributed by atoms with van der Waals surface area (Å²) in [6, 6.07) is 0.545. The lowest BCUT2D eigenvalue weighted by molar-refractivity contribution is 0.0954. The molecule has 0 amide bonds. The van der Waals surface area contributed by atoms with E-state index in [1.54, 1.807) is 21.3 Å². The molecular weight excluding hydrogens is 246 g/mol. The van der Waals surface area contributed by atoms with Gasteiger partial charge < -0.3 is 18.2 Å². The van der Waals surface area contributed by atoms with Crippen LogP contribution < -0.4 is 0 Å². The van der Waals surface area contributed by atoms with E-state index in [9.17, 15) is 0 Å². The first-order chi connectivity index (χ1) is 8.65. The maximum absolute atomic E-state index is 5.63. The van der Waals surface area contributed by atoms with E-state index >= 15 is 0 Å². The lowest BCUT2D eigenvalue weighted by atomic mass is 10.1. The average molecular weight is 275 g/mol. The second-order valence-electron chi connectivity index (χ2n) is 5.10. The predicted octanol–water partition coefficient (Wildman–Crippen LogP) is 2.52. The van der Waals surface area contributed by atoms with Gasteiger partial charge >= 0.3 is 8.80 Å². The summed E-state index contributed by atoms with van der Waals surface area (Å²) in [5.41, 5.74) is 0.330. The molecule has 1 aliphatic heterocycles. The zero-order valence-corrected chi connectivity index (χ0v) is 13.6. The van der Waals surface area contributed by atoms with Crippen LogP contribution in [0, 0.1) is 0 Å². The molecule has 0 radical (unpaired) electrons. The molecule has 1 fully saturated rings. The Labute approximate surface area is 113 Å². The summed E-state index contributed by atoms with van der Waals surface area (Å²) >= 11 is 0. The summed E-state index contributed by atoms with van der Waals surface area (Å²) < 4.78 is 16.9. The number of unbranched alkanes of at least 4 members (excludes halogenated alkanes) is 1. The Morgan fingerprint density at radius 3 is 2.33 bits per heavy atom. The van der Waals surface area contributed by atoms with Gasteiger partial charge in [-0.2, -0.15) is 0 Å². The summed E-state index contributed by atoms with van der Waals surface area (Å²) in [6.07, 6.45) is 5.03. The van der Waals surface area contributed by atoms with Crippen LogP contribution in [0.15, 0.2) is 0 Å². The normalized spacial score (nSPS) is 23.5. The van der Waals surface area contributed by atoms with Gasteiger partial charge in [0, 0.05) is 32.9 Å².